The minimum absolute atomic E-state index is 0.297. The van der Waals surface area contributed by atoms with E-state index in [0.29, 0.717) is 12.6 Å². The summed E-state index contributed by atoms with van der Waals surface area (Å²) in [6.07, 6.45) is 8.74. The molecule has 1 aliphatic heterocycles. The van der Waals surface area contributed by atoms with Crippen molar-refractivity contribution in [3.8, 4) is 0 Å². The maximum atomic E-state index is 11.9. The Bertz CT molecular complexity index is 309. The zero-order valence-electron chi connectivity index (χ0n) is 12.8. The van der Waals surface area contributed by atoms with Crippen LogP contribution >= 0.6 is 0 Å². The molecule has 4 nitrogen and oxygen atoms in total. The van der Waals surface area contributed by atoms with Crippen molar-refractivity contribution in [1.29, 1.82) is 0 Å². The maximum Gasteiger partial charge on any atom is 0.310 e. The van der Waals surface area contributed by atoms with E-state index in [4.69, 9.17) is 4.74 Å². The second-order valence-electron chi connectivity index (χ2n) is 6.45. The van der Waals surface area contributed by atoms with E-state index in [1.54, 1.807) is 0 Å². The van der Waals surface area contributed by atoms with E-state index in [1.807, 2.05) is 6.92 Å². The Balaban J connectivity index is 1.98. The van der Waals surface area contributed by atoms with Crippen molar-refractivity contribution in [2.45, 2.75) is 64.4 Å². The first-order chi connectivity index (χ1) is 9.66. The van der Waals surface area contributed by atoms with Gasteiger partial charge in [0.2, 0.25) is 0 Å². The summed E-state index contributed by atoms with van der Waals surface area (Å²) in [6, 6.07) is 0. The van der Waals surface area contributed by atoms with Gasteiger partial charge in [0.05, 0.1) is 11.5 Å². The monoisotopic (exact) mass is 283 g/mol. The third kappa shape index (κ3) is 3.95. The number of carbonyl (C=O) groups is 1. The van der Waals surface area contributed by atoms with Crippen molar-refractivity contribution >= 4 is 5.97 Å². The van der Waals surface area contributed by atoms with Crippen LogP contribution in [0.15, 0.2) is 0 Å². The smallest absolute Gasteiger partial charge is 0.310 e. The average Bonchev–Trinajstić information content (AvgIpc) is 2.66. The van der Waals surface area contributed by atoms with Gasteiger partial charge in [0, 0.05) is 19.7 Å². The molecule has 2 rings (SSSR count). The van der Waals surface area contributed by atoms with Crippen LogP contribution in [0.4, 0.5) is 0 Å². The third-order valence-corrected chi connectivity index (χ3v) is 4.91. The molecule has 1 N–H and O–H groups in total. The summed E-state index contributed by atoms with van der Waals surface area (Å²) in [6.45, 7) is 5.43. The molecule has 1 saturated carbocycles. The van der Waals surface area contributed by atoms with Gasteiger partial charge in [0.1, 0.15) is 0 Å². The van der Waals surface area contributed by atoms with Crippen LogP contribution in [0, 0.1) is 5.41 Å². The van der Waals surface area contributed by atoms with Gasteiger partial charge in [0.25, 0.3) is 0 Å². The number of carboxylic acid groups (broad SMARTS) is 1. The largest absolute Gasteiger partial charge is 0.481 e. The van der Waals surface area contributed by atoms with Crippen LogP contribution in [-0.4, -0.2) is 48.3 Å². The molecular formula is C16H29NO3. The average molecular weight is 283 g/mol. The highest BCUT2D eigenvalue weighted by molar-refractivity contribution is 5.75. The number of ether oxygens (including phenoxy) is 1. The first-order valence-corrected chi connectivity index (χ1v) is 8.24. The maximum absolute atomic E-state index is 11.9. The van der Waals surface area contributed by atoms with Crippen LogP contribution < -0.4 is 0 Å². The lowest BCUT2D eigenvalue weighted by Gasteiger charge is -2.38. The highest BCUT2D eigenvalue weighted by atomic mass is 16.5. The molecular weight excluding hydrogens is 254 g/mol. The summed E-state index contributed by atoms with van der Waals surface area (Å²) in [5.41, 5.74) is -0.509. The fourth-order valence-electron chi connectivity index (χ4n) is 3.80. The Hall–Kier alpha value is -0.610. The lowest BCUT2D eigenvalue weighted by atomic mass is 9.79. The summed E-state index contributed by atoms with van der Waals surface area (Å²) in [4.78, 5) is 14.2. The molecule has 1 atom stereocenters. The Kier molecular flexibility index (Phi) is 5.85. The van der Waals surface area contributed by atoms with Crippen molar-refractivity contribution in [2.24, 2.45) is 5.41 Å². The highest BCUT2D eigenvalue weighted by Gasteiger charge is 2.40. The first-order valence-electron chi connectivity index (χ1n) is 8.24. The molecule has 0 spiro atoms. The molecule has 1 aliphatic carbocycles. The summed E-state index contributed by atoms with van der Waals surface area (Å²) < 4.78 is 5.73. The molecule has 0 bridgehead atoms. The zero-order valence-corrected chi connectivity index (χ0v) is 12.8. The van der Waals surface area contributed by atoms with Gasteiger partial charge in [-0.15, -0.1) is 0 Å². The SMILES string of the molecule is CCOC1CCCN(CC2(C(=O)O)CCCCCC2)C1. The number of carboxylic acids is 1. The fraction of sp³-hybridized carbons (Fsp3) is 0.938. The highest BCUT2D eigenvalue weighted by Crippen LogP contribution is 2.37. The lowest BCUT2D eigenvalue weighted by molar-refractivity contribution is -0.152. The van der Waals surface area contributed by atoms with Crippen LogP contribution in [0.1, 0.15) is 58.3 Å². The lowest BCUT2D eigenvalue weighted by Crippen LogP contribution is -2.48. The minimum Gasteiger partial charge on any atom is -0.481 e. The minimum atomic E-state index is -0.585. The topological polar surface area (TPSA) is 49.8 Å². The van der Waals surface area contributed by atoms with Gasteiger partial charge in [-0.2, -0.15) is 0 Å². The number of rotatable bonds is 5. The molecule has 1 heterocycles. The molecule has 0 radical (unpaired) electrons. The predicted molar refractivity (Wildman–Crippen MR) is 78.9 cm³/mol. The predicted octanol–water partition coefficient (Wildman–Crippen LogP) is 2.91. The second-order valence-corrected chi connectivity index (χ2v) is 6.45. The molecule has 1 saturated heterocycles. The van der Waals surface area contributed by atoms with Crippen molar-refractivity contribution in [2.75, 3.05) is 26.2 Å². The second kappa shape index (κ2) is 7.41. The Labute approximate surface area is 122 Å². The first kappa shape index (κ1) is 15.8. The molecule has 0 aromatic rings. The molecule has 1 unspecified atom stereocenters. The number of hydrogen-bond donors (Lipinski definition) is 1. The van der Waals surface area contributed by atoms with Crippen LogP contribution in [0.25, 0.3) is 0 Å². The van der Waals surface area contributed by atoms with Gasteiger partial charge in [-0.3, -0.25) is 9.69 Å². The number of piperidine rings is 1. The van der Waals surface area contributed by atoms with Crippen LogP contribution in [0.5, 0.6) is 0 Å². The van der Waals surface area contributed by atoms with E-state index in [-0.39, 0.29) is 0 Å². The van der Waals surface area contributed by atoms with Crippen LogP contribution in [0.3, 0.4) is 0 Å². The molecule has 2 aliphatic rings. The van der Waals surface area contributed by atoms with Crippen LogP contribution in [-0.2, 0) is 9.53 Å². The molecule has 4 heteroatoms. The summed E-state index contributed by atoms with van der Waals surface area (Å²) >= 11 is 0. The molecule has 0 aromatic heterocycles. The fourth-order valence-corrected chi connectivity index (χ4v) is 3.80. The summed E-state index contributed by atoms with van der Waals surface area (Å²) in [5, 5.41) is 9.76. The molecule has 0 aromatic carbocycles. The van der Waals surface area contributed by atoms with E-state index >= 15 is 0 Å². The third-order valence-electron chi connectivity index (χ3n) is 4.91. The van der Waals surface area contributed by atoms with Gasteiger partial charge >= 0.3 is 5.97 Å². The zero-order chi connectivity index (χ0) is 14.4. The number of likely N-dealkylation sites (tertiary alicyclic amines) is 1. The van der Waals surface area contributed by atoms with E-state index in [1.165, 1.54) is 12.8 Å². The van der Waals surface area contributed by atoms with E-state index in [2.05, 4.69) is 4.90 Å². The molecule has 2 fully saturated rings. The number of aliphatic carboxylic acids is 1. The normalized spacial score (nSPS) is 27.9. The van der Waals surface area contributed by atoms with Gasteiger partial charge in [-0.05, 0) is 39.2 Å². The number of nitrogens with zero attached hydrogens (tertiary/aromatic N) is 1. The van der Waals surface area contributed by atoms with Gasteiger partial charge < -0.3 is 9.84 Å². The summed E-state index contributed by atoms with van der Waals surface area (Å²) in [5.74, 6) is -0.585. The van der Waals surface area contributed by atoms with Gasteiger partial charge in [0.15, 0.2) is 0 Å². The Morgan fingerprint density at radius 2 is 1.95 bits per heavy atom. The molecule has 0 amide bonds. The number of hydrogen-bond acceptors (Lipinski definition) is 3. The van der Waals surface area contributed by atoms with E-state index < -0.39 is 11.4 Å². The van der Waals surface area contributed by atoms with E-state index in [9.17, 15) is 9.90 Å². The van der Waals surface area contributed by atoms with Crippen LogP contribution in [0.2, 0.25) is 0 Å². The van der Waals surface area contributed by atoms with Crippen molar-refractivity contribution in [1.82, 2.24) is 4.90 Å². The standard InChI is InChI=1S/C16H29NO3/c1-2-20-14-8-7-11-17(12-14)13-16(15(18)19)9-5-3-4-6-10-16/h14H,2-13H2,1H3,(H,18,19). The van der Waals surface area contributed by atoms with Gasteiger partial charge in [-0.25, -0.2) is 0 Å². The quantitative estimate of drug-likeness (QED) is 0.788. The van der Waals surface area contributed by atoms with Crippen molar-refractivity contribution < 1.29 is 14.6 Å². The molecule has 20 heavy (non-hydrogen) atoms. The Morgan fingerprint density at radius 1 is 1.25 bits per heavy atom. The van der Waals surface area contributed by atoms with Crippen molar-refractivity contribution in [3.63, 3.8) is 0 Å². The van der Waals surface area contributed by atoms with Gasteiger partial charge in [-0.1, -0.05) is 25.7 Å². The Morgan fingerprint density at radius 3 is 2.55 bits per heavy atom. The van der Waals surface area contributed by atoms with Crippen molar-refractivity contribution in [3.05, 3.63) is 0 Å². The summed E-state index contributed by atoms with van der Waals surface area (Å²) in [7, 11) is 0. The van der Waals surface area contributed by atoms with E-state index in [0.717, 1.165) is 58.2 Å². The molecule has 116 valence electrons.